The Morgan fingerprint density at radius 3 is 2.39 bits per heavy atom. The third-order valence-corrected chi connectivity index (χ3v) is 7.08. The standard InChI is InChI=1S/C28H31N5O5/c1-28(27(36)30-14-18-7-11-21(37-2)12-8-18)16-32-17-31-23(24(32)26(35)33(28)20-9-10-20)25(34)29-15-19-5-4-6-22(13-19)38-3/h4-8,11-13,17,20H,9-10,14-16H2,1-3H3,(H,29,34)(H,30,36)/t28-/m1/s1. The SMILES string of the molecule is COc1ccc(CNC(=O)[C@@]2(C)Cn3cnc(C(=O)NCc4cccc(OC)c4)c3C(=O)N2C2CC2)cc1. The topological polar surface area (TPSA) is 115 Å². The quantitative estimate of drug-likeness (QED) is 0.451. The lowest BCUT2D eigenvalue weighted by atomic mass is 9.93. The molecule has 10 heteroatoms. The van der Waals surface area contributed by atoms with E-state index in [1.807, 2.05) is 48.5 Å². The van der Waals surface area contributed by atoms with Crippen LogP contribution in [0.25, 0.3) is 0 Å². The first kappa shape index (κ1) is 25.3. The average molecular weight is 518 g/mol. The molecule has 0 unspecified atom stereocenters. The minimum atomic E-state index is -1.12. The lowest BCUT2D eigenvalue weighted by Gasteiger charge is -2.44. The first-order chi connectivity index (χ1) is 18.3. The van der Waals surface area contributed by atoms with Crippen LogP contribution in [0.2, 0.25) is 0 Å². The van der Waals surface area contributed by atoms with Crippen LogP contribution in [0.15, 0.2) is 54.9 Å². The van der Waals surface area contributed by atoms with Crippen molar-refractivity contribution in [1.82, 2.24) is 25.1 Å². The van der Waals surface area contributed by atoms with Crippen LogP contribution >= 0.6 is 0 Å². The summed E-state index contributed by atoms with van der Waals surface area (Å²) >= 11 is 0. The van der Waals surface area contributed by atoms with Crippen molar-refractivity contribution in [3.63, 3.8) is 0 Å². The number of methoxy groups -OCH3 is 2. The van der Waals surface area contributed by atoms with Crippen LogP contribution in [0.4, 0.5) is 0 Å². The van der Waals surface area contributed by atoms with Crippen LogP contribution in [0.1, 0.15) is 51.9 Å². The van der Waals surface area contributed by atoms with E-state index in [1.165, 1.54) is 6.33 Å². The molecule has 198 valence electrons. The van der Waals surface area contributed by atoms with Crippen LogP contribution in [-0.2, 0) is 24.4 Å². The molecular weight excluding hydrogens is 486 g/mol. The highest BCUT2D eigenvalue weighted by Crippen LogP contribution is 2.39. The van der Waals surface area contributed by atoms with Crippen molar-refractivity contribution in [2.45, 2.75) is 51.0 Å². The molecule has 0 radical (unpaired) electrons. The van der Waals surface area contributed by atoms with Crippen molar-refractivity contribution in [3.8, 4) is 11.5 Å². The fraction of sp³-hybridized carbons (Fsp3) is 0.357. The van der Waals surface area contributed by atoms with Gasteiger partial charge in [0.2, 0.25) is 5.91 Å². The number of benzene rings is 2. The van der Waals surface area contributed by atoms with E-state index in [2.05, 4.69) is 15.6 Å². The minimum Gasteiger partial charge on any atom is -0.497 e. The molecule has 1 atom stereocenters. The Bertz CT molecular complexity index is 1360. The van der Waals surface area contributed by atoms with Gasteiger partial charge in [-0.05, 0) is 55.2 Å². The third kappa shape index (κ3) is 4.81. The van der Waals surface area contributed by atoms with Crippen molar-refractivity contribution < 1.29 is 23.9 Å². The molecule has 10 nitrogen and oxygen atoms in total. The van der Waals surface area contributed by atoms with E-state index in [1.54, 1.807) is 30.6 Å². The molecule has 1 aromatic heterocycles. The Kier molecular flexibility index (Phi) is 6.79. The normalized spacial score (nSPS) is 18.5. The molecule has 1 fully saturated rings. The summed E-state index contributed by atoms with van der Waals surface area (Å²) in [4.78, 5) is 46.3. The molecule has 2 aromatic carbocycles. The summed E-state index contributed by atoms with van der Waals surface area (Å²) in [5.74, 6) is 0.372. The summed E-state index contributed by atoms with van der Waals surface area (Å²) in [7, 11) is 3.18. The summed E-state index contributed by atoms with van der Waals surface area (Å²) in [5.41, 5.74) is 0.927. The molecule has 3 amide bonds. The fourth-order valence-electron chi connectivity index (χ4n) is 4.89. The molecule has 2 heterocycles. The number of imidazole rings is 1. The zero-order valence-corrected chi connectivity index (χ0v) is 21.7. The molecule has 38 heavy (non-hydrogen) atoms. The van der Waals surface area contributed by atoms with Gasteiger partial charge in [-0.15, -0.1) is 0 Å². The van der Waals surface area contributed by atoms with Crippen molar-refractivity contribution in [3.05, 3.63) is 77.4 Å². The van der Waals surface area contributed by atoms with Gasteiger partial charge in [0, 0.05) is 19.1 Å². The van der Waals surface area contributed by atoms with Crippen molar-refractivity contribution in [1.29, 1.82) is 0 Å². The zero-order valence-electron chi connectivity index (χ0n) is 21.7. The predicted octanol–water partition coefficient (Wildman–Crippen LogP) is 2.52. The van der Waals surface area contributed by atoms with Crippen LogP contribution in [0.5, 0.6) is 11.5 Å². The van der Waals surface area contributed by atoms with E-state index in [0.717, 1.165) is 29.7 Å². The smallest absolute Gasteiger partial charge is 0.274 e. The molecule has 0 spiro atoms. The lowest BCUT2D eigenvalue weighted by molar-refractivity contribution is -0.133. The first-order valence-corrected chi connectivity index (χ1v) is 12.5. The lowest BCUT2D eigenvalue weighted by Crippen LogP contribution is -2.64. The molecule has 1 aliphatic heterocycles. The van der Waals surface area contributed by atoms with Crippen molar-refractivity contribution >= 4 is 17.7 Å². The van der Waals surface area contributed by atoms with Gasteiger partial charge in [-0.1, -0.05) is 24.3 Å². The van der Waals surface area contributed by atoms with Crippen molar-refractivity contribution in [2.24, 2.45) is 0 Å². The zero-order chi connectivity index (χ0) is 26.9. The maximum atomic E-state index is 13.8. The van der Waals surface area contributed by atoms with Crippen LogP contribution in [-0.4, -0.2) is 58.0 Å². The van der Waals surface area contributed by atoms with Gasteiger partial charge in [0.05, 0.1) is 27.1 Å². The number of nitrogens with zero attached hydrogens (tertiary/aromatic N) is 3. The van der Waals surface area contributed by atoms with E-state index >= 15 is 0 Å². The Morgan fingerprint density at radius 1 is 1.00 bits per heavy atom. The average Bonchev–Trinajstić information content (AvgIpc) is 3.68. The molecule has 0 saturated heterocycles. The number of ether oxygens (including phenoxy) is 2. The van der Waals surface area contributed by atoms with E-state index < -0.39 is 11.4 Å². The summed E-state index contributed by atoms with van der Waals surface area (Å²) in [6.07, 6.45) is 3.10. The maximum Gasteiger partial charge on any atom is 0.274 e. The number of carbonyl (C=O) groups excluding carboxylic acids is 3. The second-order valence-corrected chi connectivity index (χ2v) is 9.81. The monoisotopic (exact) mass is 517 g/mol. The number of amides is 3. The fourth-order valence-corrected chi connectivity index (χ4v) is 4.89. The molecule has 1 aliphatic carbocycles. The van der Waals surface area contributed by atoms with E-state index in [0.29, 0.717) is 12.3 Å². The van der Waals surface area contributed by atoms with Crippen LogP contribution < -0.4 is 20.1 Å². The summed E-state index contributed by atoms with van der Waals surface area (Å²) in [6.45, 7) is 2.56. The summed E-state index contributed by atoms with van der Waals surface area (Å²) in [6, 6.07) is 14.8. The molecule has 2 aliphatic rings. The molecule has 1 saturated carbocycles. The highest BCUT2D eigenvalue weighted by Gasteiger charge is 2.53. The highest BCUT2D eigenvalue weighted by atomic mass is 16.5. The maximum absolute atomic E-state index is 13.8. The molecule has 5 rings (SSSR count). The largest absolute Gasteiger partial charge is 0.497 e. The number of aromatic nitrogens is 2. The van der Waals surface area contributed by atoms with Crippen LogP contribution in [0.3, 0.4) is 0 Å². The molecule has 2 N–H and O–H groups in total. The Balaban J connectivity index is 1.33. The van der Waals surface area contributed by atoms with E-state index in [-0.39, 0.29) is 42.3 Å². The second-order valence-electron chi connectivity index (χ2n) is 9.81. The second kappa shape index (κ2) is 10.2. The number of rotatable bonds is 9. The van der Waals surface area contributed by atoms with Gasteiger partial charge < -0.3 is 29.6 Å². The summed E-state index contributed by atoms with van der Waals surface area (Å²) in [5, 5.41) is 5.83. The number of nitrogens with one attached hydrogen (secondary N) is 2. The summed E-state index contributed by atoms with van der Waals surface area (Å²) < 4.78 is 12.0. The van der Waals surface area contributed by atoms with Crippen molar-refractivity contribution in [2.75, 3.05) is 14.2 Å². The van der Waals surface area contributed by atoms with Gasteiger partial charge in [-0.2, -0.15) is 0 Å². The van der Waals surface area contributed by atoms with Gasteiger partial charge in [0.25, 0.3) is 11.8 Å². The number of carbonyl (C=O) groups is 3. The predicted molar refractivity (Wildman–Crippen MR) is 139 cm³/mol. The van der Waals surface area contributed by atoms with E-state index in [4.69, 9.17) is 9.47 Å². The van der Waals surface area contributed by atoms with Gasteiger partial charge in [-0.25, -0.2) is 4.98 Å². The Labute approximate surface area is 220 Å². The van der Waals surface area contributed by atoms with Crippen LogP contribution in [0, 0.1) is 0 Å². The Hall–Kier alpha value is -4.34. The number of fused-ring (bicyclic) bond motifs is 1. The minimum absolute atomic E-state index is 0.0458. The van der Waals surface area contributed by atoms with E-state index in [9.17, 15) is 14.4 Å². The van der Waals surface area contributed by atoms with Gasteiger partial charge >= 0.3 is 0 Å². The Morgan fingerprint density at radius 2 is 1.71 bits per heavy atom. The molecule has 3 aromatic rings. The number of hydrogen-bond acceptors (Lipinski definition) is 6. The van der Waals surface area contributed by atoms with Gasteiger partial charge in [-0.3, -0.25) is 14.4 Å². The van der Waals surface area contributed by atoms with Gasteiger partial charge in [0.1, 0.15) is 22.7 Å². The number of hydrogen-bond donors (Lipinski definition) is 2. The molecule has 0 bridgehead atoms. The highest BCUT2D eigenvalue weighted by molar-refractivity contribution is 6.07. The molecular formula is C28H31N5O5. The first-order valence-electron chi connectivity index (χ1n) is 12.5. The van der Waals surface area contributed by atoms with Gasteiger partial charge in [0.15, 0.2) is 5.69 Å². The third-order valence-electron chi connectivity index (χ3n) is 7.08.